The number of carbonyl (C=O) groups excluding carboxylic acids is 1. The van der Waals surface area contributed by atoms with E-state index in [0.717, 1.165) is 18.2 Å². The number of hydrogen-bond acceptors (Lipinski definition) is 2. The Morgan fingerprint density at radius 1 is 1.04 bits per heavy atom. The Balaban J connectivity index is 2.12. The number of benzene rings is 1. The molecule has 0 saturated carbocycles. The quantitative estimate of drug-likeness (QED) is 0.727. The van der Waals surface area contributed by atoms with E-state index >= 15 is 0 Å². The van der Waals surface area contributed by atoms with Gasteiger partial charge in [0, 0.05) is 24.4 Å². The summed E-state index contributed by atoms with van der Waals surface area (Å²) in [5, 5.41) is 2.40. The molecule has 27 heavy (non-hydrogen) atoms. The first-order valence-corrected chi connectivity index (χ1v) is 8.01. The molecule has 0 aliphatic heterocycles. The Morgan fingerprint density at radius 3 is 2.22 bits per heavy atom. The average molecular weight is 390 g/mol. The maximum atomic E-state index is 13.0. The molecule has 0 aliphatic carbocycles. The van der Waals surface area contributed by atoms with E-state index in [2.05, 4.69) is 10.3 Å². The van der Waals surface area contributed by atoms with Crippen LogP contribution in [-0.2, 0) is 12.4 Å². The van der Waals surface area contributed by atoms with Crippen molar-refractivity contribution in [2.24, 2.45) is 0 Å². The molecular formula is C18H16F6N2O. The Kier molecular flexibility index (Phi) is 6.12. The van der Waals surface area contributed by atoms with Gasteiger partial charge in [-0.2, -0.15) is 26.3 Å². The van der Waals surface area contributed by atoms with Crippen molar-refractivity contribution in [3.8, 4) is 0 Å². The highest BCUT2D eigenvalue weighted by molar-refractivity contribution is 5.95. The molecule has 1 amide bonds. The number of amides is 1. The molecule has 0 aliphatic rings. The molecule has 9 heteroatoms. The van der Waals surface area contributed by atoms with E-state index in [0.29, 0.717) is 18.3 Å². The van der Waals surface area contributed by atoms with Gasteiger partial charge < -0.3 is 5.32 Å². The van der Waals surface area contributed by atoms with Gasteiger partial charge in [0.15, 0.2) is 0 Å². The summed E-state index contributed by atoms with van der Waals surface area (Å²) >= 11 is 0. The van der Waals surface area contributed by atoms with Crippen LogP contribution < -0.4 is 5.32 Å². The molecule has 2 rings (SSSR count). The summed E-state index contributed by atoms with van der Waals surface area (Å²) in [5.74, 6) is -1.34. The predicted molar refractivity (Wildman–Crippen MR) is 86.0 cm³/mol. The normalized spacial score (nSPS) is 13.3. The molecule has 1 N–H and O–H groups in total. The van der Waals surface area contributed by atoms with Crippen LogP contribution in [0.5, 0.6) is 0 Å². The Bertz CT molecular complexity index is 784. The van der Waals surface area contributed by atoms with Crippen LogP contribution in [0.1, 0.15) is 46.4 Å². The molecule has 1 aromatic heterocycles. The maximum absolute atomic E-state index is 13.0. The van der Waals surface area contributed by atoms with E-state index in [4.69, 9.17) is 0 Å². The molecule has 2 aromatic rings. The number of rotatable bonds is 5. The third kappa shape index (κ3) is 5.21. The SMILES string of the molecule is CCC(CNC(=O)c1ccccc1C(F)(F)F)c1ccc(C(F)(F)F)cn1. The second kappa shape index (κ2) is 7.98. The van der Waals surface area contributed by atoms with Crippen molar-refractivity contribution >= 4 is 5.91 Å². The summed E-state index contributed by atoms with van der Waals surface area (Å²) in [4.78, 5) is 15.9. The van der Waals surface area contributed by atoms with Crippen LogP contribution in [0.2, 0.25) is 0 Å². The highest BCUT2D eigenvalue weighted by Gasteiger charge is 2.35. The van der Waals surface area contributed by atoms with Crippen molar-refractivity contribution in [1.82, 2.24) is 10.3 Å². The van der Waals surface area contributed by atoms with Gasteiger partial charge in [-0.1, -0.05) is 19.1 Å². The fraction of sp³-hybridized carbons (Fsp3) is 0.333. The number of nitrogens with one attached hydrogen (secondary N) is 1. The molecular weight excluding hydrogens is 374 g/mol. The molecule has 0 fully saturated rings. The Labute approximate surface area is 151 Å². The number of carbonyl (C=O) groups is 1. The van der Waals surface area contributed by atoms with E-state index < -0.39 is 40.9 Å². The Morgan fingerprint density at radius 2 is 1.70 bits per heavy atom. The lowest BCUT2D eigenvalue weighted by Gasteiger charge is -2.17. The molecule has 146 valence electrons. The van der Waals surface area contributed by atoms with Crippen LogP contribution in [0.25, 0.3) is 0 Å². The van der Waals surface area contributed by atoms with E-state index in [1.807, 2.05) is 0 Å². The van der Waals surface area contributed by atoms with Crippen LogP contribution >= 0.6 is 0 Å². The first kappa shape index (κ1) is 20.7. The molecule has 1 unspecified atom stereocenters. The zero-order valence-corrected chi connectivity index (χ0v) is 14.2. The second-order valence-electron chi connectivity index (χ2n) is 5.83. The van der Waals surface area contributed by atoms with Gasteiger partial charge in [0.25, 0.3) is 5.91 Å². The van der Waals surface area contributed by atoms with E-state index in [9.17, 15) is 31.1 Å². The van der Waals surface area contributed by atoms with Crippen molar-refractivity contribution in [3.05, 3.63) is 65.0 Å². The number of alkyl halides is 6. The first-order chi connectivity index (χ1) is 12.5. The molecule has 1 atom stereocenters. The second-order valence-corrected chi connectivity index (χ2v) is 5.83. The predicted octanol–water partition coefficient (Wildman–Crippen LogP) is 5.04. The van der Waals surface area contributed by atoms with Crippen molar-refractivity contribution in [2.45, 2.75) is 31.6 Å². The third-order valence-electron chi connectivity index (χ3n) is 4.01. The van der Waals surface area contributed by atoms with Crippen LogP contribution in [0, 0.1) is 0 Å². The molecule has 3 nitrogen and oxygen atoms in total. The van der Waals surface area contributed by atoms with E-state index in [1.54, 1.807) is 6.92 Å². The number of nitrogens with zero attached hydrogens (tertiary/aromatic N) is 1. The number of pyridine rings is 1. The zero-order valence-electron chi connectivity index (χ0n) is 14.2. The minimum atomic E-state index is -4.67. The monoisotopic (exact) mass is 390 g/mol. The van der Waals surface area contributed by atoms with Gasteiger partial charge in [-0.25, -0.2) is 0 Å². The number of aromatic nitrogens is 1. The summed E-state index contributed by atoms with van der Waals surface area (Å²) < 4.78 is 76.7. The van der Waals surface area contributed by atoms with Crippen molar-refractivity contribution < 1.29 is 31.1 Å². The van der Waals surface area contributed by atoms with Gasteiger partial charge in [0.1, 0.15) is 0 Å². The molecule has 0 bridgehead atoms. The van der Waals surface area contributed by atoms with Gasteiger partial charge in [0.2, 0.25) is 0 Å². The van der Waals surface area contributed by atoms with Gasteiger partial charge in [-0.3, -0.25) is 9.78 Å². The lowest BCUT2D eigenvalue weighted by atomic mass is 10.0. The van der Waals surface area contributed by atoms with Crippen LogP contribution in [-0.4, -0.2) is 17.4 Å². The molecule has 0 saturated heterocycles. The standard InChI is InChI=1S/C18H16F6N2O/c1-2-11(15-8-7-12(10-25-15)17(19,20)21)9-26-16(27)13-5-3-4-6-14(13)18(22,23)24/h3-8,10-11H,2,9H2,1H3,(H,26,27). The van der Waals surface area contributed by atoms with Gasteiger partial charge in [0.05, 0.1) is 16.7 Å². The largest absolute Gasteiger partial charge is 0.417 e. The van der Waals surface area contributed by atoms with Crippen molar-refractivity contribution in [1.29, 1.82) is 0 Å². The lowest BCUT2D eigenvalue weighted by Crippen LogP contribution is -2.30. The van der Waals surface area contributed by atoms with E-state index in [-0.39, 0.29) is 6.54 Å². The average Bonchev–Trinajstić information content (AvgIpc) is 2.61. The van der Waals surface area contributed by atoms with Crippen LogP contribution in [0.15, 0.2) is 42.6 Å². The number of halogens is 6. The van der Waals surface area contributed by atoms with Crippen molar-refractivity contribution in [2.75, 3.05) is 6.54 Å². The maximum Gasteiger partial charge on any atom is 0.417 e. The highest BCUT2D eigenvalue weighted by atomic mass is 19.4. The van der Waals surface area contributed by atoms with Gasteiger partial charge >= 0.3 is 12.4 Å². The Hall–Kier alpha value is -2.58. The minimum Gasteiger partial charge on any atom is -0.351 e. The smallest absolute Gasteiger partial charge is 0.351 e. The molecule has 0 radical (unpaired) electrons. The van der Waals surface area contributed by atoms with Crippen molar-refractivity contribution in [3.63, 3.8) is 0 Å². The zero-order chi connectivity index (χ0) is 20.2. The fourth-order valence-corrected chi connectivity index (χ4v) is 2.51. The van der Waals surface area contributed by atoms with Gasteiger partial charge in [-0.05, 0) is 30.7 Å². The van der Waals surface area contributed by atoms with Crippen LogP contribution in [0.4, 0.5) is 26.3 Å². The summed E-state index contributed by atoms with van der Waals surface area (Å²) in [6, 6.07) is 6.46. The third-order valence-corrected chi connectivity index (χ3v) is 4.01. The first-order valence-electron chi connectivity index (χ1n) is 8.01. The fourth-order valence-electron chi connectivity index (χ4n) is 2.51. The highest BCUT2D eigenvalue weighted by Crippen LogP contribution is 2.32. The lowest BCUT2D eigenvalue weighted by molar-refractivity contribution is -0.138. The summed E-state index contributed by atoms with van der Waals surface area (Å²) in [5.41, 5.74) is -2.15. The van der Waals surface area contributed by atoms with E-state index in [1.165, 1.54) is 18.2 Å². The topological polar surface area (TPSA) is 42.0 Å². The molecule has 1 heterocycles. The summed E-state index contributed by atoms with van der Waals surface area (Å²) in [7, 11) is 0. The number of hydrogen-bond donors (Lipinski definition) is 1. The minimum absolute atomic E-state index is 0.0557. The molecule has 0 spiro atoms. The molecule has 1 aromatic carbocycles. The van der Waals surface area contributed by atoms with Gasteiger partial charge in [-0.15, -0.1) is 0 Å². The summed E-state index contributed by atoms with van der Waals surface area (Å²) in [6.07, 6.45) is -8.06. The van der Waals surface area contributed by atoms with Crippen LogP contribution in [0.3, 0.4) is 0 Å². The summed E-state index contributed by atoms with van der Waals surface area (Å²) in [6.45, 7) is 1.68.